The van der Waals surface area contributed by atoms with Crippen molar-refractivity contribution in [1.82, 2.24) is 20.0 Å². The lowest BCUT2D eigenvalue weighted by Crippen LogP contribution is -2.21. The van der Waals surface area contributed by atoms with E-state index in [9.17, 15) is 4.79 Å². The summed E-state index contributed by atoms with van der Waals surface area (Å²) in [4.78, 5) is 13.6. The fraction of sp³-hybridized carbons (Fsp3) is 0.400. The Balaban J connectivity index is 1.52. The molecule has 3 aromatic heterocycles. The number of H-pyrrole nitrogens is 1. The molecule has 0 radical (unpaired) electrons. The van der Waals surface area contributed by atoms with Crippen LogP contribution in [0.4, 0.5) is 5.82 Å². The molecule has 1 aliphatic heterocycles. The quantitative estimate of drug-likeness (QED) is 0.771. The lowest BCUT2D eigenvalue weighted by molar-refractivity contribution is -0.119. The molecule has 23 heavy (non-hydrogen) atoms. The van der Waals surface area contributed by atoms with Crippen molar-refractivity contribution < 1.29 is 9.53 Å². The monoisotopic (exact) mass is 331 g/mol. The van der Waals surface area contributed by atoms with E-state index in [0.29, 0.717) is 18.8 Å². The molecule has 2 N–H and O–H groups in total. The Morgan fingerprint density at radius 1 is 1.61 bits per heavy atom. The number of hydrogen-bond acceptors (Lipinski definition) is 5. The molecule has 4 heterocycles. The van der Waals surface area contributed by atoms with E-state index in [0.717, 1.165) is 23.1 Å². The maximum Gasteiger partial charge on any atom is 0.228 e. The van der Waals surface area contributed by atoms with Gasteiger partial charge < -0.3 is 10.1 Å². The maximum absolute atomic E-state index is 12.4. The van der Waals surface area contributed by atoms with Crippen LogP contribution >= 0.6 is 11.3 Å². The van der Waals surface area contributed by atoms with E-state index in [1.54, 1.807) is 16.0 Å². The standard InChI is InChI=1S/C15H17N5O2S/c1-8-12-14(17-18-15(12)20(2)19-8)16-11(21)7-10-13-9(3-5-22-10)4-6-23-13/h4,6,10H,3,5,7H2,1-2H3,(H2,16,17,18,21)/t10-/m1/s1. The van der Waals surface area contributed by atoms with Crippen molar-refractivity contribution in [3.05, 3.63) is 27.6 Å². The number of thiophene rings is 1. The Morgan fingerprint density at radius 3 is 3.35 bits per heavy atom. The van der Waals surface area contributed by atoms with Crippen molar-refractivity contribution in [3.63, 3.8) is 0 Å². The van der Waals surface area contributed by atoms with Gasteiger partial charge in [-0.2, -0.15) is 10.2 Å². The molecule has 3 aromatic rings. The summed E-state index contributed by atoms with van der Waals surface area (Å²) in [5, 5.41) is 17.2. The highest BCUT2D eigenvalue weighted by atomic mass is 32.1. The van der Waals surface area contributed by atoms with E-state index in [2.05, 4.69) is 32.1 Å². The van der Waals surface area contributed by atoms with E-state index in [1.807, 2.05) is 14.0 Å². The van der Waals surface area contributed by atoms with Crippen molar-refractivity contribution in [3.8, 4) is 0 Å². The molecule has 0 bridgehead atoms. The fourth-order valence-electron chi connectivity index (χ4n) is 3.06. The molecule has 1 amide bonds. The van der Waals surface area contributed by atoms with Gasteiger partial charge in [0.15, 0.2) is 5.65 Å². The number of fused-ring (bicyclic) bond motifs is 2. The molecular formula is C15H17N5O2S. The van der Waals surface area contributed by atoms with Crippen LogP contribution in [-0.4, -0.2) is 32.5 Å². The fourth-order valence-corrected chi connectivity index (χ4v) is 4.06. The minimum absolute atomic E-state index is 0.0925. The Bertz CT molecular complexity index is 878. The number of ether oxygens (including phenoxy) is 1. The number of aromatic amines is 1. The van der Waals surface area contributed by atoms with Gasteiger partial charge in [0.2, 0.25) is 5.91 Å². The topological polar surface area (TPSA) is 84.8 Å². The average molecular weight is 331 g/mol. The molecule has 0 aromatic carbocycles. The third-order valence-electron chi connectivity index (χ3n) is 4.11. The summed E-state index contributed by atoms with van der Waals surface area (Å²) < 4.78 is 7.47. The van der Waals surface area contributed by atoms with Crippen molar-refractivity contribution in [1.29, 1.82) is 0 Å². The third-order valence-corrected chi connectivity index (χ3v) is 5.17. The summed E-state index contributed by atoms with van der Waals surface area (Å²) in [5.41, 5.74) is 2.86. The van der Waals surface area contributed by atoms with Gasteiger partial charge in [0.1, 0.15) is 11.9 Å². The number of carbonyl (C=O) groups excluding carboxylic acids is 1. The number of amides is 1. The number of hydrogen-bond donors (Lipinski definition) is 2. The molecule has 7 nitrogen and oxygen atoms in total. The number of carbonyl (C=O) groups is 1. The Kier molecular flexibility index (Phi) is 3.42. The van der Waals surface area contributed by atoms with Gasteiger partial charge in [0.05, 0.1) is 24.1 Å². The molecule has 0 unspecified atom stereocenters. The largest absolute Gasteiger partial charge is 0.372 e. The minimum atomic E-state index is -0.160. The van der Waals surface area contributed by atoms with Crippen LogP contribution in [0.3, 0.4) is 0 Å². The highest BCUT2D eigenvalue weighted by Gasteiger charge is 2.25. The van der Waals surface area contributed by atoms with Gasteiger partial charge in [-0.05, 0) is 30.4 Å². The number of rotatable bonds is 3. The first-order valence-corrected chi connectivity index (χ1v) is 8.37. The lowest BCUT2D eigenvalue weighted by atomic mass is 10.1. The van der Waals surface area contributed by atoms with E-state index in [4.69, 9.17) is 4.74 Å². The zero-order valence-electron chi connectivity index (χ0n) is 12.9. The van der Waals surface area contributed by atoms with Crippen LogP contribution in [0.2, 0.25) is 0 Å². The number of anilines is 1. The van der Waals surface area contributed by atoms with Crippen molar-refractivity contribution in [2.75, 3.05) is 11.9 Å². The number of aromatic nitrogens is 4. The molecular weight excluding hydrogens is 314 g/mol. The molecule has 4 rings (SSSR count). The minimum Gasteiger partial charge on any atom is -0.372 e. The molecule has 0 aliphatic carbocycles. The van der Waals surface area contributed by atoms with Gasteiger partial charge in [-0.15, -0.1) is 11.3 Å². The van der Waals surface area contributed by atoms with E-state index in [-0.39, 0.29) is 12.0 Å². The zero-order valence-corrected chi connectivity index (χ0v) is 13.7. The second-order valence-corrected chi connectivity index (χ2v) is 6.63. The van der Waals surface area contributed by atoms with Crippen LogP contribution in [0.5, 0.6) is 0 Å². The normalized spacial score (nSPS) is 17.4. The van der Waals surface area contributed by atoms with Crippen molar-refractivity contribution >= 4 is 34.1 Å². The SMILES string of the molecule is Cc1nn(C)c2n[nH]c(NC(=O)C[C@H]3OCCc4ccsc43)c12. The molecule has 0 saturated carbocycles. The molecule has 120 valence electrons. The van der Waals surface area contributed by atoms with Gasteiger partial charge in [0, 0.05) is 11.9 Å². The third kappa shape index (κ3) is 2.43. The van der Waals surface area contributed by atoms with Gasteiger partial charge >= 0.3 is 0 Å². The molecule has 0 saturated heterocycles. The van der Waals surface area contributed by atoms with Crippen molar-refractivity contribution in [2.45, 2.75) is 25.9 Å². The van der Waals surface area contributed by atoms with Crippen LogP contribution in [0.15, 0.2) is 11.4 Å². The predicted molar refractivity (Wildman–Crippen MR) is 87.6 cm³/mol. The predicted octanol–water partition coefficient (Wildman–Crippen LogP) is 2.31. The first kappa shape index (κ1) is 14.4. The van der Waals surface area contributed by atoms with E-state index >= 15 is 0 Å². The van der Waals surface area contributed by atoms with Gasteiger partial charge in [-0.25, -0.2) is 4.68 Å². The number of nitrogens with one attached hydrogen (secondary N) is 2. The van der Waals surface area contributed by atoms with Crippen LogP contribution in [-0.2, 0) is 23.0 Å². The second kappa shape index (κ2) is 5.47. The smallest absolute Gasteiger partial charge is 0.228 e. The molecule has 0 fully saturated rings. The number of aryl methyl sites for hydroxylation is 2. The van der Waals surface area contributed by atoms with Crippen LogP contribution in [0.25, 0.3) is 11.0 Å². The molecule has 8 heteroatoms. The van der Waals surface area contributed by atoms with Gasteiger partial charge in [-0.3, -0.25) is 9.89 Å². The van der Waals surface area contributed by atoms with E-state index < -0.39 is 0 Å². The highest BCUT2D eigenvalue weighted by molar-refractivity contribution is 7.10. The maximum atomic E-state index is 12.4. The molecule has 1 aliphatic rings. The Morgan fingerprint density at radius 2 is 2.48 bits per heavy atom. The van der Waals surface area contributed by atoms with Crippen LogP contribution in [0, 0.1) is 6.92 Å². The summed E-state index contributed by atoms with van der Waals surface area (Å²) >= 11 is 1.65. The second-order valence-electron chi connectivity index (χ2n) is 5.68. The van der Waals surface area contributed by atoms with Gasteiger partial charge in [-0.1, -0.05) is 0 Å². The number of nitrogens with zero attached hydrogens (tertiary/aromatic N) is 3. The first-order chi connectivity index (χ1) is 11.1. The molecule has 0 spiro atoms. The van der Waals surface area contributed by atoms with Gasteiger partial charge in [0.25, 0.3) is 0 Å². The van der Waals surface area contributed by atoms with Crippen molar-refractivity contribution in [2.24, 2.45) is 7.05 Å². The van der Waals surface area contributed by atoms with Crippen LogP contribution in [0.1, 0.15) is 28.7 Å². The average Bonchev–Trinajstić information content (AvgIpc) is 3.19. The summed E-state index contributed by atoms with van der Waals surface area (Å²) in [7, 11) is 1.83. The summed E-state index contributed by atoms with van der Waals surface area (Å²) in [6.07, 6.45) is 1.06. The summed E-state index contributed by atoms with van der Waals surface area (Å²) in [5.74, 6) is 0.503. The Labute approximate surface area is 136 Å². The molecule has 1 atom stereocenters. The highest BCUT2D eigenvalue weighted by Crippen LogP contribution is 2.34. The summed E-state index contributed by atoms with van der Waals surface area (Å²) in [6.45, 7) is 2.56. The van der Waals surface area contributed by atoms with E-state index in [1.165, 1.54) is 10.4 Å². The van der Waals surface area contributed by atoms with Crippen LogP contribution < -0.4 is 5.32 Å². The lowest BCUT2D eigenvalue weighted by Gasteiger charge is -2.22. The first-order valence-electron chi connectivity index (χ1n) is 7.49. The zero-order chi connectivity index (χ0) is 16.0. The summed E-state index contributed by atoms with van der Waals surface area (Å²) in [6, 6.07) is 2.12. The Hall–Kier alpha value is -2.19.